The topological polar surface area (TPSA) is 38.3 Å². The molecule has 0 aromatic heterocycles. The maximum Gasteiger partial charge on any atom is 0.237 e. The highest BCUT2D eigenvalue weighted by Gasteiger charge is 2.14. The van der Waals surface area contributed by atoms with Crippen molar-refractivity contribution in [1.29, 1.82) is 0 Å². The van der Waals surface area contributed by atoms with Crippen LogP contribution in [-0.4, -0.2) is 18.3 Å². The van der Waals surface area contributed by atoms with Gasteiger partial charge in [-0.25, -0.2) is 0 Å². The van der Waals surface area contributed by atoms with E-state index in [-0.39, 0.29) is 11.2 Å². The van der Waals surface area contributed by atoms with E-state index >= 15 is 0 Å². The van der Waals surface area contributed by atoms with Crippen LogP contribution in [0.5, 0.6) is 5.75 Å². The predicted molar refractivity (Wildman–Crippen MR) is 88.4 cm³/mol. The number of hydrogen-bond acceptors (Lipinski definition) is 3. The van der Waals surface area contributed by atoms with Gasteiger partial charge in [0.25, 0.3) is 0 Å². The van der Waals surface area contributed by atoms with Crippen molar-refractivity contribution in [3.05, 3.63) is 53.6 Å². The first-order chi connectivity index (χ1) is 10.1. The number of ether oxygens (including phenoxy) is 1. The van der Waals surface area contributed by atoms with Gasteiger partial charge in [0.2, 0.25) is 5.91 Å². The van der Waals surface area contributed by atoms with E-state index < -0.39 is 0 Å². The van der Waals surface area contributed by atoms with Crippen LogP contribution in [0.3, 0.4) is 0 Å². The van der Waals surface area contributed by atoms with Crippen molar-refractivity contribution in [1.82, 2.24) is 0 Å². The smallest absolute Gasteiger partial charge is 0.237 e. The van der Waals surface area contributed by atoms with E-state index in [1.165, 1.54) is 11.8 Å². The molecule has 0 heterocycles. The largest absolute Gasteiger partial charge is 0.497 e. The van der Waals surface area contributed by atoms with Gasteiger partial charge in [-0.15, -0.1) is 11.8 Å². The Hall–Kier alpha value is -1.65. The van der Waals surface area contributed by atoms with Gasteiger partial charge in [-0.05, 0) is 43.3 Å². The average molecular weight is 322 g/mol. The zero-order valence-electron chi connectivity index (χ0n) is 11.8. The summed E-state index contributed by atoms with van der Waals surface area (Å²) in [4.78, 5) is 13.2. The highest BCUT2D eigenvalue weighted by molar-refractivity contribution is 8.00. The minimum absolute atomic E-state index is 0.0526. The lowest BCUT2D eigenvalue weighted by Crippen LogP contribution is -2.22. The van der Waals surface area contributed by atoms with Gasteiger partial charge in [-0.1, -0.05) is 17.7 Å². The van der Waals surface area contributed by atoms with Crippen molar-refractivity contribution in [3.63, 3.8) is 0 Å². The summed E-state index contributed by atoms with van der Waals surface area (Å²) < 4.78 is 5.13. The number of halogens is 1. The molecule has 110 valence electrons. The van der Waals surface area contributed by atoms with Crippen molar-refractivity contribution in [2.75, 3.05) is 12.4 Å². The van der Waals surface area contributed by atoms with E-state index in [0.717, 1.165) is 10.6 Å². The standard InChI is InChI=1S/C16H16ClNO2S/c1-11(21-15-8-6-12(17)7-9-15)16(19)18-13-4-3-5-14(10-13)20-2/h3-11H,1-2H3,(H,18,19). The van der Waals surface area contributed by atoms with Gasteiger partial charge in [0.05, 0.1) is 12.4 Å². The van der Waals surface area contributed by atoms with E-state index in [1.54, 1.807) is 13.2 Å². The van der Waals surface area contributed by atoms with Crippen molar-refractivity contribution in [3.8, 4) is 5.75 Å². The molecule has 1 amide bonds. The summed E-state index contributed by atoms with van der Waals surface area (Å²) in [5.74, 6) is 0.661. The minimum atomic E-state index is -0.211. The Labute approximate surface area is 133 Å². The van der Waals surface area contributed by atoms with Crippen LogP contribution in [0.1, 0.15) is 6.92 Å². The van der Waals surface area contributed by atoms with Gasteiger partial charge in [-0.3, -0.25) is 4.79 Å². The predicted octanol–water partition coefficient (Wildman–Crippen LogP) is 4.47. The van der Waals surface area contributed by atoms with E-state index in [2.05, 4.69) is 5.32 Å². The van der Waals surface area contributed by atoms with Gasteiger partial charge >= 0.3 is 0 Å². The van der Waals surface area contributed by atoms with E-state index in [0.29, 0.717) is 10.8 Å². The van der Waals surface area contributed by atoms with Crippen molar-refractivity contribution < 1.29 is 9.53 Å². The van der Waals surface area contributed by atoms with Crippen molar-refractivity contribution >= 4 is 35.0 Å². The second kappa shape index (κ2) is 7.38. The first kappa shape index (κ1) is 15.7. The third-order valence-corrected chi connectivity index (χ3v) is 4.20. The fourth-order valence-electron chi connectivity index (χ4n) is 1.72. The van der Waals surface area contributed by atoms with E-state index in [1.807, 2.05) is 49.4 Å². The number of anilines is 1. The molecule has 0 saturated carbocycles. The molecular formula is C16H16ClNO2S. The van der Waals surface area contributed by atoms with Crippen LogP contribution in [0.25, 0.3) is 0 Å². The Kier molecular flexibility index (Phi) is 5.53. The quantitative estimate of drug-likeness (QED) is 0.826. The molecule has 2 aromatic carbocycles. The summed E-state index contributed by atoms with van der Waals surface area (Å²) in [5.41, 5.74) is 0.725. The van der Waals surface area contributed by atoms with Crippen molar-refractivity contribution in [2.24, 2.45) is 0 Å². The summed E-state index contributed by atoms with van der Waals surface area (Å²) in [6.07, 6.45) is 0. The number of thioether (sulfide) groups is 1. The molecule has 21 heavy (non-hydrogen) atoms. The molecule has 1 atom stereocenters. The third-order valence-electron chi connectivity index (χ3n) is 2.83. The number of carbonyl (C=O) groups excluding carboxylic acids is 1. The lowest BCUT2D eigenvalue weighted by atomic mass is 10.3. The van der Waals surface area contributed by atoms with Crippen molar-refractivity contribution in [2.45, 2.75) is 17.1 Å². The van der Waals surface area contributed by atoms with Gasteiger partial charge in [-0.2, -0.15) is 0 Å². The maximum atomic E-state index is 12.2. The fourth-order valence-corrected chi connectivity index (χ4v) is 2.71. The van der Waals surface area contributed by atoms with Gasteiger partial charge < -0.3 is 10.1 Å². The molecule has 0 bridgehead atoms. The van der Waals surface area contributed by atoms with Crippen LogP contribution in [0.2, 0.25) is 5.02 Å². The molecule has 1 N–H and O–H groups in total. The zero-order chi connectivity index (χ0) is 15.2. The Balaban J connectivity index is 1.97. The number of methoxy groups -OCH3 is 1. The van der Waals surface area contributed by atoms with Gasteiger partial charge in [0, 0.05) is 21.7 Å². The maximum absolute atomic E-state index is 12.2. The monoisotopic (exact) mass is 321 g/mol. The molecule has 0 saturated heterocycles. The van der Waals surface area contributed by atoms with Crippen LogP contribution in [-0.2, 0) is 4.79 Å². The Bertz CT molecular complexity index is 616. The number of carbonyl (C=O) groups is 1. The molecule has 0 aliphatic heterocycles. The molecule has 2 aromatic rings. The molecule has 0 radical (unpaired) electrons. The molecule has 1 unspecified atom stereocenters. The molecule has 0 fully saturated rings. The molecule has 0 spiro atoms. The summed E-state index contributed by atoms with van der Waals surface area (Å²) in [5, 5.41) is 3.36. The highest BCUT2D eigenvalue weighted by Crippen LogP contribution is 2.26. The van der Waals surface area contributed by atoms with Gasteiger partial charge in [0.1, 0.15) is 5.75 Å². The number of nitrogens with one attached hydrogen (secondary N) is 1. The lowest BCUT2D eigenvalue weighted by Gasteiger charge is -2.12. The van der Waals surface area contributed by atoms with Crippen LogP contribution in [0.4, 0.5) is 5.69 Å². The summed E-state index contributed by atoms with van der Waals surface area (Å²) in [7, 11) is 1.60. The Morgan fingerprint density at radius 3 is 2.62 bits per heavy atom. The lowest BCUT2D eigenvalue weighted by molar-refractivity contribution is -0.115. The molecular weight excluding hydrogens is 306 g/mol. The summed E-state index contributed by atoms with van der Waals surface area (Å²) in [6.45, 7) is 1.87. The first-order valence-corrected chi connectivity index (χ1v) is 7.71. The molecule has 0 aliphatic carbocycles. The SMILES string of the molecule is COc1cccc(NC(=O)C(C)Sc2ccc(Cl)cc2)c1. The molecule has 0 aliphatic rings. The first-order valence-electron chi connectivity index (χ1n) is 6.45. The van der Waals surface area contributed by atoms with Gasteiger partial charge in [0.15, 0.2) is 0 Å². The highest BCUT2D eigenvalue weighted by atomic mass is 35.5. The number of benzene rings is 2. The Morgan fingerprint density at radius 1 is 1.24 bits per heavy atom. The number of hydrogen-bond donors (Lipinski definition) is 1. The van der Waals surface area contributed by atoms with E-state index in [9.17, 15) is 4.79 Å². The van der Waals surface area contributed by atoms with Crippen LogP contribution in [0.15, 0.2) is 53.4 Å². The fraction of sp³-hybridized carbons (Fsp3) is 0.188. The number of rotatable bonds is 5. The van der Waals surface area contributed by atoms with Crippen LogP contribution < -0.4 is 10.1 Å². The molecule has 2 rings (SSSR count). The molecule has 5 heteroatoms. The second-order valence-electron chi connectivity index (χ2n) is 4.44. The summed E-state index contributed by atoms with van der Waals surface area (Å²) >= 11 is 7.33. The molecule has 3 nitrogen and oxygen atoms in total. The normalized spacial score (nSPS) is 11.8. The third kappa shape index (κ3) is 4.69. The van der Waals surface area contributed by atoms with E-state index in [4.69, 9.17) is 16.3 Å². The van der Waals surface area contributed by atoms with Crippen LogP contribution >= 0.6 is 23.4 Å². The van der Waals surface area contributed by atoms with Crippen LogP contribution in [0, 0.1) is 0 Å². The Morgan fingerprint density at radius 2 is 1.95 bits per heavy atom. The second-order valence-corrected chi connectivity index (χ2v) is 6.29. The summed E-state index contributed by atoms with van der Waals surface area (Å²) in [6, 6.07) is 14.7. The zero-order valence-corrected chi connectivity index (χ0v) is 13.4. The number of amides is 1. The minimum Gasteiger partial charge on any atom is -0.497 e. The average Bonchev–Trinajstić information content (AvgIpc) is 2.49.